The van der Waals surface area contributed by atoms with E-state index in [2.05, 4.69) is 15.6 Å². The zero-order valence-electron chi connectivity index (χ0n) is 12.0. The lowest BCUT2D eigenvalue weighted by Crippen LogP contribution is -2.19. The van der Waals surface area contributed by atoms with Crippen molar-refractivity contribution < 1.29 is 9.53 Å². The number of nitrogens with one attached hydrogen (secondary N) is 1. The van der Waals surface area contributed by atoms with Crippen LogP contribution in [0.3, 0.4) is 0 Å². The van der Waals surface area contributed by atoms with Crippen molar-refractivity contribution in [1.29, 1.82) is 0 Å². The first-order valence-electron chi connectivity index (χ1n) is 6.44. The van der Waals surface area contributed by atoms with Gasteiger partial charge in [0.2, 0.25) is 0 Å². The Balaban J connectivity index is 2.28. The Labute approximate surface area is 117 Å². The van der Waals surface area contributed by atoms with Crippen LogP contribution in [0, 0.1) is 6.92 Å². The second-order valence-corrected chi connectivity index (χ2v) is 4.67. The first-order chi connectivity index (χ1) is 9.52. The Hall–Kier alpha value is -2.37. The summed E-state index contributed by atoms with van der Waals surface area (Å²) in [6, 6.07) is 7.51. The Morgan fingerprint density at radius 3 is 2.50 bits per heavy atom. The predicted molar refractivity (Wildman–Crippen MR) is 75.3 cm³/mol. The summed E-state index contributed by atoms with van der Waals surface area (Å²) in [6.45, 7) is 5.76. The monoisotopic (exact) mass is 274 g/mol. The zero-order valence-corrected chi connectivity index (χ0v) is 12.0. The van der Waals surface area contributed by atoms with Gasteiger partial charge in [-0.05, 0) is 45.0 Å². The Morgan fingerprint density at radius 1 is 1.30 bits per heavy atom. The molecule has 0 bridgehead atoms. The second kappa shape index (κ2) is 5.73. The third-order valence-corrected chi connectivity index (χ3v) is 2.79. The molecule has 6 nitrogen and oxygen atoms in total. The van der Waals surface area contributed by atoms with Gasteiger partial charge in [-0.1, -0.05) is 5.21 Å². The summed E-state index contributed by atoms with van der Waals surface area (Å²) < 4.78 is 7.22. The van der Waals surface area contributed by atoms with Crippen LogP contribution in [0.4, 0.5) is 0 Å². The van der Waals surface area contributed by atoms with Crippen molar-refractivity contribution >= 4 is 5.91 Å². The number of nitrogens with zero attached hydrogens (tertiary/aromatic N) is 3. The summed E-state index contributed by atoms with van der Waals surface area (Å²) in [5.74, 6) is 0.557. The maximum absolute atomic E-state index is 11.6. The van der Waals surface area contributed by atoms with E-state index >= 15 is 0 Å². The van der Waals surface area contributed by atoms with Gasteiger partial charge < -0.3 is 10.1 Å². The molecule has 0 unspecified atom stereocenters. The van der Waals surface area contributed by atoms with Gasteiger partial charge in [0.15, 0.2) is 5.69 Å². The first-order valence-corrected chi connectivity index (χ1v) is 6.44. The van der Waals surface area contributed by atoms with Gasteiger partial charge >= 0.3 is 0 Å². The van der Waals surface area contributed by atoms with Crippen LogP contribution < -0.4 is 10.1 Å². The number of hydrogen-bond acceptors (Lipinski definition) is 4. The minimum Gasteiger partial charge on any atom is -0.491 e. The smallest absolute Gasteiger partial charge is 0.273 e. The van der Waals surface area contributed by atoms with E-state index in [1.807, 2.05) is 45.0 Å². The molecule has 1 N–H and O–H groups in total. The first kappa shape index (κ1) is 14.0. The summed E-state index contributed by atoms with van der Waals surface area (Å²) in [7, 11) is 1.57. The number of aromatic nitrogens is 3. The van der Waals surface area contributed by atoms with Crippen molar-refractivity contribution in [3.63, 3.8) is 0 Å². The molecule has 0 spiro atoms. The molecule has 0 atom stereocenters. The van der Waals surface area contributed by atoms with E-state index in [1.54, 1.807) is 11.7 Å². The van der Waals surface area contributed by atoms with Crippen LogP contribution in [0.5, 0.6) is 5.75 Å². The lowest BCUT2D eigenvalue weighted by molar-refractivity contribution is 0.0957. The van der Waals surface area contributed by atoms with Crippen molar-refractivity contribution in [2.45, 2.75) is 26.9 Å². The number of carbonyl (C=O) groups excluding carboxylic acids is 1. The SMILES string of the molecule is CNC(=O)c1nnn(-c2ccc(OC(C)C)cc2)c1C. The molecule has 0 aliphatic carbocycles. The molecule has 6 heteroatoms. The van der Waals surface area contributed by atoms with Gasteiger partial charge in [0.1, 0.15) is 5.75 Å². The number of amides is 1. The molecule has 0 fully saturated rings. The number of benzene rings is 1. The van der Waals surface area contributed by atoms with Gasteiger partial charge in [0.05, 0.1) is 17.5 Å². The molecule has 0 aliphatic rings. The average molecular weight is 274 g/mol. The molecule has 1 aromatic carbocycles. The van der Waals surface area contributed by atoms with Crippen LogP contribution in [0.15, 0.2) is 24.3 Å². The summed E-state index contributed by atoms with van der Waals surface area (Å²) in [6.07, 6.45) is 0.133. The van der Waals surface area contributed by atoms with Gasteiger partial charge in [-0.15, -0.1) is 5.10 Å². The van der Waals surface area contributed by atoms with Crippen LogP contribution in [0.25, 0.3) is 5.69 Å². The number of carbonyl (C=O) groups is 1. The molecule has 1 amide bonds. The van der Waals surface area contributed by atoms with E-state index in [-0.39, 0.29) is 12.0 Å². The van der Waals surface area contributed by atoms with Crippen molar-refractivity contribution in [1.82, 2.24) is 20.3 Å². The van der Waals surface area contributed by atoms with Crippen LogP contribution in [0.2, 0.25) is 0 Å². The van der Waals surface area contributed by atoms with Gasteiger partial charge in [-0.3, -0.25) is 4.79 Å². The van der Waals surface area contributed by atoms with Crippen molar-refractivity contribution in [3.8, 4) is 11.4 Å². The minimum atomic E-state index is -0.242. The van der Waals surface area contributed by atoms with Crippen molar-refractivity contribution in [2.24, 2.45) is 0 Å². The Morgan fingerprint density at radius 2 is 1.95 bits per heavy atom. The summed E-state index contributed by atoms with van der Waals surface area (Å²) in [5.41, 5.74) is 1.86. The Bertz CT molecular complexity index is 602. The molecule has 0 saturated heterocycles. The fourth-order valence-electron chi connectivity index (χ4n) is 1.84. The van der Waals surface area contributed by atoms with E-state index in [1.165, 1.54) is 0 Å². The van der Waals surface area contributed by atoms with E-state index in [0.717, 1.165) is 11.4 Å². The highest BCUT2D eigenvalue weighted by Gasteiger charge is 2.15. The van der Waals surface area contributed by atoms with Gasteiger partial charge in [-0.2, -0.15) is 0 Å². The third kappa shape index (κ3) is 2.79. The van der Waals surface area contributed by atoms with Crippen molar-refractivity contribution in [2.75, 3.05) is 7.05 Å². The largest absolute Gasteiger partial charge is 0.491 e. The number of rotatable bonds is 4. The normalized spacial score (nSPS) is 10.7. The summed E-state index contributed by atoms with van der Waals surface area (Å²) in [4.78, 5) is 11.6. The van der Waals surface area contributed by atoms with Gasteiger partial charge in [0, 0.05) is 7.05 Å². The topological polar surface area (TPSA) is 69.0 Å². The van der Waals surface area contributed by atoms with E-state index in [4.69, 9.17) is 4.74 Å². The van der Waals surface area contributed by atoms with Gasteiger partial charge in [0.25, 0.3) is 5.91 Å². The highest BCUT2D eigenvalue weighted by atomic mass is 16.5. The minimum absolute atomic E-state index is 0.133. The standard InChI is InChI=1S/C14H18N4O2/c1-9(2)20-12-7-5-11(6-8-12)18-10(3)13(16-17-18)14(19)15-4/h5-9H,1-4H3,(H,15,19). The zero-order chi connectivity index (χ0) is 14.7. The maximum atomic E-state index is 11.6. The lowest BCUT2D eigenvalue weighted by Gasteiger charge is -2.10. The molecule has 20 heavy (non-hydrogen) atoms. The van der Waals surface area contributed by atoms with Crippen LogP contribution in [-0.2, 0) is 0 Å². The van der Waals surface area contributed by atoms with Crippen LogP contribution in [-0.4, -0.2) is 34.1 Å². The fraction of sp³-hybridized carbons (Fsp3) is 0.357. The molecular formula is C14H18N4O2. The van der Waals surface area contributed by atoms with E-state index in [9.17, 15) is 4.79 Å². The number of ether oxygens (including phenoxy) is 1. The highest BCUT2D eigenvalue weighted by Crippen LogP contribution is 2.18. The third-order valence-electron chi connectivity index (χ3n) is 2.79. The van der Waals surface area contributed by atoms with E-state index in [0.29, 0.717) is 11.4 Å². The molecule has 0 aliphatic heterocycles. The summed E-state index contributed by atoms with van der Waals surface area (Å²) >= 11 is 0. The highest BCUT2D eigenvalue weighted by molar-refractivity contribution is 5.93. The maximum Gasteiger partial charge on any atom is 0.273 e. The molecule has 1 heterocycles. The molecule has 0 saturated carbocycles. The molecule has 2 aromatic rings. The molecule has 1 aromatic heterocycles. The number of hydrogen-bond donors (Lipinski definition) is 1. The second-order valence-electron chi connectivity index (χ2n) is 4.67. The molecule has 2 rings (SSSR count). The Kier molecular flexibility index (Phi) is 4.02. The van der Waals surface area contributed by atoms with E-state index < -0.39 is 0 Å². The van der Waals surface area contributed by atoms with Crippen LogP contribution >= 0.6 is 0 Å². The van der Waals surface area contributed by atoms with Gasteiger partial charge in [-0.25, -0.2) is 4.68 Å². The molecule has 0 radical (unpaired) electrons. The lowest BCUT2D eigenvalue weighted by atomic mass is 10.2. The predicted octanol–water partition coefficient (Wildman–Crippen LogP) is 1.72. The molecular weight excluding hydrogens is 256 g/mol. The fourth-order valence-corrected chi connectivity index (χ4v) is 1.84. The average Bonchev–Trinajstić information content (AvgIpc) is 2.80. The van der Waals surface area contributed by atoms with Crippen LogP contribution in [0.1, 0.15) is 30.0 Å². The molecule has 106 valence electrons. The summed E-state index contributed by atoms with van der Waals surface area (Å²) in [5, 5.41) is 10.5. The quantitative estimate of drug-likeness (QED) is 0.921. The van der Waals surface area contributed by atoms with Crippen molar-refractivity contribution in [3.05, 3.63) is 35.7 Å².